The molecule has 2 atom stereocenters. The van der Waals surface area contributed by atoms with Crippen LogP contribution in [-0.4, -0.2) is 47.5 Å². The molecule has 118 valence electrons. The fourth-order valence-corrected chi connectivity index (χ4v) is 2.19. The van der Waals surface area contributed by atoms with Crippen LogP contribution >= 0.6 is 0 Å². The van der Waals surface area contributed by atoms with Gasteiger partial charge in [0.25, 0.3) is 0 Å². The monoisotopic (exact) mass is 307 g/mol. The summed E-state index contributed by atoms with van der Waals surface area (Å²) in [7, 11) is 2.48. The summed E-state index contributed by atoms with van der Waals surface area (Å²) in [5, 5.41) is 20.6. The van der Waals surface area contributed by atoms with Gasteiger partial charge in [0, 0.05) is 17.1 Å². The summed E-state index contributed by atoms with van der Waals surface area (Å²) in [5.74, 6) is -1.13. The highest BCUT2D eigenvalue weighted by Gasteiger charge is 2.23. The van der Waals surface area contributed by atoms with Crippen LogP contribution < -0.4 is 0 Å². The quantitative estimate of drug-likeness (QED) is 0.709. The molecule has 1 aromatic heterocycles. The minimum Gasteiger partial charge on any atom is -0.469 e. The van der Waals surface area contributed by atoms with E-state index in [-0.39, 0.29) is 6.42 Å². The van der Waals surface area contributed by atoms with E-state index >= 15 is 0 Å². The molecule has 0 saturated heterocycles. The Balaban J connectivity index is 2.31. The lowest BCUT2D eigenvalue weighted by Gasteiger charge is -2.17. The van der Waals surface area contributed by atoms with E-state index < -0.39 is 24.1 Å². The summed E-state index contributed by atoms with van der Waals surface area (Å²) in [4.78, 5) is 25.7. The topological polar surface area (TPSA) is 109 Å². The van der Waals surface area contributed by atoms with Crippen molar-refractivity contribution in [1.29, 1.82) is 0 Å². The lowest BCUT2D eigenvalue weighted by atomic mass is 10.00. The number of carbonyl (C=O) groups is 2. The molecule has 0 saturated carbocycles. The lowest BCUT2D eigenvalue weighted by Crippen LogP contribution is -2.22. The van der Waals surface area contributed by atoms with Gasteiger partial charge >= 0.3 is 11.9 Å². The van der Waals surface area contributed by atoms with E-state index in [1.54, 1.807) is 18.2 Å². The summed E-state index contributed by atoms with van der Waals surface area (Å²) in [5.41, 5.74) is 1.40. The predicted molar refractivity (Wildman–Crippen MR) is 77.2 cm³/mol. The van der Waals surface area contributed by atoms with Crippen molar-refractivity contribution in [2.75, 3.05) is 14.2 Å². The molecule has 0 spiro atoms. The summed E-state index contributed by atoms with van der Waals surface area (Å²) in [6.45, 7) is 0. The molecule has 2 aromatic rings. The van der Waals surface area contributed by atoms with Crippen molar-refractivity contribution in [3.05, 3.63) is 35.5 Å². The van der Waals surface area contributed by atoms with Crippen LogP contribution in [0.25, 0.3) is 10.9 Å². The Bertz CT molecular complexity index is 692. The number of nitrogens with one attached hydrogen (secondary N) is 1. The van der Waals surface area contributed by atoms with Gasteiger partial charge in [0.05, 0.1) is 32.3 Å². The zero-order valence-electron chi connectivity index (χ0n) is 12.2. The van der Waals surface area contributed by atoms with Gasteiger partial charge in [-0.1, -0.05) is 6.07 Å². The normalized spacial score (nSPS) is 13.6. The molecule has 0 aliphatic carbocycles. The first-order valence-corrected chi connectivity index (χ1v) is 6.60. The highest BCUT2D eigenvalue weighted by molar-refractivity contribution is 6.04. The molecular formula is C15H17NO6. The van der Waals surface area contributed by atoms with E-state index in [1.165, 1.54) is 20.4 Å². The number of hydrogen-bond acceptors (Lipinski definition) is 6. The molecule has 1 aromatic carbocycles. The predicted octanol–water partition coefficient (Wildman–Crippen LogP) is 0.912. The number of aliphatic hydroxyl groups is 2. The number of H-pyrrole nitrogens is 1. The van der Waals surface area contributed by atoms with Crippen molar-refractivity contribution < 1.29 is 29.3 Å². The largest absolute Gasteiger partial charge is 0.469 e. The van der Waals surface area contributed by atoms with Gasteiger partial charge in [-0.2, -0.15) is 0 Å². The second-order valence-corrected chi connectivity index (χ2v) is 4.79. The first kappa shape index (κ1) is 16.0. The number of esters is 2. The number of methoxy groups -OCH3 is 2. The number of aromatic nitrogens is 1. The molecule has 0 bridgehead atoms. The molecule has 0 radical (unpaired) electrons. The third-order valence-electron chi connectivity index (χ3n) is 3.42. The second kappa shape index (κ2) is 6.59. The summed E-state index contributed by atoms with van der Waals surface area (Å²) in [6, 6.07) is 4.85. The van der Waals surface area contributed by atoms with E-state index in [0.717, 1.165) is 0 Å². The van der Waals surface area contributed by atoms with Crippen LogP contribution in [0.3, 0.4) is 0 Å². The van der Waals surface area contributed by atoms with Gasteiger partial charge in [-0.15, -0.1) is 0 Å². The van der Waals surface area contributed by atoms with Gasteiger partial charge in [0.2, 0.25) is 0 Å². The Labute approximate surface area is 126 Å². The highest BCUT2D eigenvalue weighted by atomic mass is 16.5. The van der Waals surface area contributed by atoms with Crippen molar-refractivity contribution in [2.45, 2.75) is 18.6 Å². The van der Waals surface area contributed by atoms with Crippen LogP contribution in [0.15, 0.2) is 24.4 Å². The molecule has 22 heavy (non-hydrogen) atoms. The summed E-state index contributed by atoms with van der Waals surface area (Å²) < 4.78 is 9.14. The van der Waals surface area contributed by atoms with E-state index in [9.17, 15) is 19.8 Å². The molecule has 0 amide bonds. The second-order valence-electron chi connectivity index (χ2n) is 4.79. The molecule has 7 nitrogen and oxygen atoms in total. The average molecular weight is 307 g/mol. The Kier molecular flexibility index (Phi) is 4.79. The van der Waals surface area contributed by atoms with Crippen molar-refractivity contribution in [3.63, 3.8) is 0 Å². The molecule has 0 fully saturated rings. The van der Waals surface area contributed by atoms with Gasteiger partial charge < -0.3 is 24.7 Å². The van der Waals surface area contributed by atoms with Crippen LogP contribution in [-0.2, 0) is 14.3 Å². The number of carbonyl (C=O) groups excluding carboxylic acids is 2. The number of rotatable bonds is 5. The average Bonchev–Trinajstić information content (AvgIpc) is 2.96. The molecule has 2 rings (SSSR count). The van der Waals surface area contributed by atoms with Gasteiger partial charge in [0.1, 0.15) is 6.10 Å². The molecule has 7 heteroatoms. The summed E-state index contributed by atoms with van der Waals surface area (Å²) in [6.07, 6.45) is -1.39. The van der Waals surface area contributed by atoms with Gasteiger partial charge in [0.15, 0.2) is 0 Å². The maximum atomic E-state index is 11.7. The third kappa shape index (κ3) is 3.10. The van der Waals surface area contributed by atoms with E-state index in [2.05, 4.69) is 14.5 Å². The number of aromatic amines is 1. The van der Waals surface area contributed by atoms with Gasteiger partial charge in [-0.05, 0) is 17.7 Å². The molecule has 3 N–H and O–H groups in total. The van der Waals surface area contributed by atoms with Crippen LogP contribution in [0.5, 0.6) is 0 Å². The molecule has 2 unspecified atom stereocenters. The Morgan fingerprint density at radius 2 is 1.95 bits per heavy atom. The number of ether oxygens (including phenoxy) is 2. The third-order valence-corrected chi connectivity index (χ3v) is 3.42. The zero-order valence-corrected chi connectivity index (χ0v) is 12.2. The van der Waals surface area contributed by atoms with Crippen molar-refractivity contribution in [2.24, 2.45) is 0 Å². The number of hydrogen-bond donors (Lipinski definition) is 3. The van der Waals surface area contributed by atoms with Crippen molar-refractivity contribution >= 4 is 22.8 Å². The van der Waals surface area contributed by atoms with Crippen LogP contribution in [0.2, 0.25) is 0 Å². The first-order chi connectivity index (χ1) is 10.5. The Hall–Kier alpha value is -2.38. The van der Waals surface area contributed by atoms with E-state index in [1.807, 2.05) is 0 Å². The minimum atomic E-state index is -1.30. The fraction of sp³-hybridized carbons (Fsp3) is 0.333. The molecule has 0 aliphatic rings. The van der Waals surface area contributed by atoms with Gasteiger partial charge in [-0.25, -0.2) is 4.79 Å². The van der Waals surface area contributed by atoms with E-state index in [4.69, 9.17) is 0 Å². The van der Waals surface area contributed by atoms with Gasteiger partial charge in [-0.3, -0.25) is 4.79 Å². The fourth-order valence-electron chi connectivity index (χ4n) is 2.19. The highest BCUT2D eigenvalue weighted by Crippen LogP contribution is 2.26. The Morgan fingerprint density at radius 3 is 2.59 bits per heavy atom. The zero-order chi connectivity index (χ0) is 16.3. The Morgan fingerprint density at radius 1 is 1.23 bits per heavy atom. The maximum absolute atomic E-state index is 11.7. The van der Waals surface area contributed by atoms with Crippen molar-refractivity contribution in [3.8, 4) is 0 Å². The standard InChI is InChI=1S/C15H17NO6/c1-21-13(18)6-12(17)14(19)8-3-4-11-9(5-8)10(7-16-11)15(20)22-2/h3-5,7,12,14,16-17,19H,6H2,1-2H3. The number of aliphatic hydroxyl groups excluding tert-OH is 2. The summed E-state index contributed by atoms with van der Waals surface area (Å²) >= 11 is 0. The maximum Gasteiger partial charge on any atom is 0.340 e. The molecule has 0 aliphatic heterocycles. The smallest absolute Gasteiger partial charge is 0.340 e. The SMILES string of the molecule is COC(=O)CC(O)C(O)c1ccc2[nH]cc(C(=O)OC)c2c1. The molecular weight excluding hydrogens is 290 g/mol. The van der Waals surface area contributed by atoms with Crippen molar-refractivity contribution in [1.82, 2.24) is 4.98 Å². The minimum absolute atomic E-state index is 0.327. The molecule has 1 heterocycles. The number of fused-ring (bicyclic) bond motifs is 1. The van der Waals surface area contributed by atoms with Crippen LogP contribution in [0.1, 0.15) is 28.4 Å². The lowest BCUT2D eigenvalue weighted by molar-refractivity contribution is -0.144. The number of benzene rings is 1. The first-order valence-electron chi connectivity index (χ1n) is 6.60. The van der Waals surface area contributed by atoms with Crippen LogP contribution in [0.4, 0.5) is 0 Å². The van der Waals surface area contributed by atoms with E-state index in [0.29, 0.717) is 22.0 Å². The van der Waals surface area contributed by atoms with Crippen LogP contribution in [0, 0.1) is 0 Å².